The van der Waals surface area contributed by atoms with Crippen molar-refractivity contribution in [1.29, 1.82) is 0 Å². The van der Waals surface area contributed by atoms with Gasteiger partial charge in [0.15, 0.2) is 0 Å². The Balaban J connectivity index is 0.00000281. The number of benzene rings is 2. The Hall–Kier alpha value is -1.67. The molecule has 0 saturated heterocycles. The van der Waals surface area contributed by atoms with Crippen LogP contribution >= 0.6 is 24.8 Å². The third-order valence-electron chi connectivity index (χ3n) is 11.2. The van der Waals surface area contributed by atoms with Gasteiger partial charge in [0, 0.05) is 0 Å². The molecule has 2 aliphatic rings. The number of halogens is 2. The van der Waals surface area contributed by atoms with Crippen LogP contribution in [0.15, 0.2) is 83.5 Å². The Morgan fingerprint density at radius 1 is 0.600 bits per heavy atom. The molecule has 2 atom stereocenters. The first-order valence-electron chi connectivity index (χ1n) is 18.0. The second-order valence-electron chi connectivity index (χ2n) is 18.4. The largest absolute Gasteiger partial charge is 0.147 e. The number of hydrogen-bond donors (Lipinski definition) is 0. The summed E-state index contributed by atoms with van der Waals surface area (Å²) in [5.41, 5.74) is 13.8. The number of pyridine rings is 2. The third kappa shape index (κ3) is 7.28. The summed E-state index contributed by atoms with van der Waals surface area (Å²) >= 11 is -3.93. The average Bonchev–Trinajstić information content (AvgIpc) is 3.62. The molecule has 0 radical (unpaired) electrons. The Morgan fingerprint density at radius 2 is 0.960 bits per heavy atom. The van der Waals surface area contributed by atoms with Crippen molar-refractivity contribution in [3.05, 3.63) is 117 Å². The molecule has 2 heterocycles. The van der Waals surface area contributed by atoms with Crippen LogP contribution in [0.1, 0.15) is 80.2 Å². The molecule has 2 aromatic carbocycles. The van der Waals surface area contributed by atoms with E-state index in [4.69, 9.17) is 9.97 Å². The van der Waals surface area contributed by atoms with Crippen LogP contribution in [0, 0.1) is 0 Å². The van der Waals surface area contributed by atoms with Crippen LogP contribution in [0.4, 0.5) is 0 Å². The number of aromatic nitrogens is 2. The number of fused-ring (bicyclic) bond motifs is 2. The van der Waals surface area contributed by atoms with E-state index in [2.05, 4.69) is 144 Å². The maximum absolute atomic E-state index is 4.93. The number of rotatable bonds is 8. The molecule has 0 N–H and O–H groups in total. The van der Waals surface area contributed by atoms with Crippen LogP contribution in [0.3, 0.4) is 0 Å². The number of hydrogen-bond acceptors (Lipinski definition) is 2. The molecule has 2 nitrogen and oxygen atoms in total. The Kier molecular flexibility index (Phi) is 11.7. The van der Waals surface area contributed by atoms with Gasteiger partial charge >= 0.3 is 297 Å². The minimum Gasteiger partial charge on any atom is -0.147 e. The first kappa shape index (κ1) is 41.1. The van der Waals surface area contributed by atoms with Gasteiger partial charge in [0.1, 0.15) is 0 Å². The second kappa shape index (κ2) is 14.3. The zero-order valence-electron chi connectivity index (χ0n) is 32.3. The van der Waals surface area contributed by atoms with E-state index in [1.165, 1.54) is 33.4 Å². The van der Waals surface area contributed by atoms with E-state index < -0.39 is 33.5 Å². The van der Waals surface area contributed by atoms with Gasteiger partial charge in [-0.1, -0.05) is 0 Å². The van der Waals surface area contributed by atoms with Crippen LogP contribution in [0.25, 0.3) is 34.7 Å². The Morgan fingerprint density at radius 3 is 1.24 bits per heavy atom. The fourth-order valence-corrected chi connectivity index (χ4v) is 43.9. The third-order valence-corrected chi connectivity index (χ3v) is 34.1. The summed E-state index contributed by atoms with van der Waals surface area (Å²) in [6.07, 6.45) is 9.26. The predicted octanol–water partition coefficient (Wildman–Crippen LogP) is 12.6. The molecule has 0 aliphatic heterocycles. The summed E-state index contributed by atoms with van der Waals surface area (Å²) < 4.78 is 6.66. The van der Waals surface area contributed by atoms with Crippen LogP contribution in [-0.2, 0) is 17.4 Å². The van der Waals surface area contributed by atoms with E-state index >= 15 is 0 Å². The maximum atomic E-state index is 4.93. The molecule has 0 saturated carbocycles. The molecule has 266 valence electrons. The van der Waals surface area contributed by atoms with Gasteiger partial charge < -0.3 is 0 Å². The first-order valence-corrected chi connectivity index (χ1v) is 38.7. The van der Waals surface area contributed by atoms with Crippen molar-refractivity contribution in [3.8, 4) is 22.5 Å². The molecule has 2 unspecified atom stereocenters. The smallest absolute Gasteiger partial charge is 0.147 e. The Labute approximate surface area is 319 Å². The van der Waals surface area contributed by atoms with Crippen molar-refractivity contribution in [2.45, 2.75) is 95.3 Å². The van der Waals surface area contributed by atoms with E-state index in [9.17, 15) is 0 Å². The van der Waals surface area contributed by atoms with Crippen LogP contribution in [-0.4, -0.2) is 33.0 Å². The van der Waals surface area contributed by atoms with E-state index in [1.54, 1.807) is 21.5 Å². The molecule has 0 bridgehead atoms. The van der Waals surface area contributed by atoms with Gasteiger partial charge in [-0.15, -0.1) is 24.8 Å². The SMILES string of the molecule is CC(C)c1cc(-c2ccccn2)c2c(c1)[CH]([Zr]([CH3])([CH3])(=[SiH2])[CH]1C([Si](C)(C)C)=Cc3c(-c4ccccn4)cc(C(C)C)cc31)C([Si](C)(C)C)=C2.Cl.Cl. The molecular weight excluding hydrogens is 779 g/mol. The van der Waals surface area contributed by atoms with Crippen molar-refractivity contribution in [2.75, 3.05) is 0 Å². The normalized spacial score (nSPS) is 17.5. The maximum Gasteiger partial charge on any atom is -0.147 e. The average molecular weight is 837 g/mol. The summed E-state index contributed by atoms with van der Waals surface area (Å²) in [6.45, 7) is 27.4. The molecule has 8 heteroatoms. The summed E-state index contributed by atoms with van der Waals surface area (Å²) in [5.74, 6) is 0.893. The van der Waals surface area contributed by atoms with Gasteiger partial charge in [-0.05, 0) is 0 Å². The summed E-state index contributed by atoms with van der Waals surface area (Å²) in [5, 5.41) is 3.52. The first-order chi connectivity index (χ1) is 22.3. The fraction of sp³-hybridized carbons (Fsp3) is 0.381. The van der Waals surface area contributed by atoms with E-state index in [0.29, 0.717) is 19.1 Å². The zero-order valence-corrected chi connectivity index (χ0v) is 39.8. The molecule has 6 rings (SSSR count). The topological polar surface area (TPSA) is 25.8 Å². The number of allylic oxidation sites excluding steroid dienone is 2. The molecule has 0 spiro atoms. The van der Waals surface area contributed by atoms with Crippen molar-refractivity contribution in [1.82, 2.24) is 9.97 Å². The van der Waals surface area contributed by atoms with Crippen molar-refractivity contribution >= 4 is 60.0 Å². The second-order valence-corrected chi connectivity index (χ2v) is 59.0. The van der Waals surface area contributed by atoms with Gasteiger partial charge in [-0.25, -0.2) is 0 Å². The molecule has 0 amide bonds. The van der Waals surface area contributed by atoms with Gasteiger partial charge in [0.2, 0.25) is 0 Å². The molecule has 0 fully saturated rings. The van der Waals surface area contributed by atoms with E-state index in [1.807, 2.05) is 24.5 Å². The molecule has 2 aliphatic carbocycles. The van der Waals surface area contributed by atoms with Crippen molar-refractivity contribution < 1.29 is 17.4 Å². The monoisotopic (exact) mass is 834 g/mol. The van der Waals surface area contributed by atoms with Crippen molar-refractivity contribution in [3.63, 3.8) is 0 Å². The van der Waals surface area contributed by atoms with Crippen LogP contribution < -0.4 is 0 Å². The number of nitrogens with zero attached hydrogens (tertiary/aromatic N) is 2. The van der Waals surface area contributed by atoms with E-state index in [0.717, 1.165) is 11.4 Å². The van der Waals surface area contributed by atoms with Gasteiger partial charge in [0.05, 0.1) is 0 Å². The molecule has 4 aromatic rings. The predicted molar refractivity (Wildman–Crippen MR) is 230 cm³/mol. The van der Waals surface area contributed by atoms with Crippen LogP contribution in [0.2, 0.25) is 48.5 Å². The minimum absolute atomic E-state index is 0. The summed E-state index contributed by atoms with van der Waals surface area (Å²) in [6, 6.07) is 22.9. The quantitative estimate of drug-likeness (QED) is 0.165. The summed E-state index contributed by atoms with van der Waals surface area (Å²) in [4.78, 5) is 9.85. The molecule has 2 aromatic heterocycles. The molecular formula is C42H58Cl2N2Si3Zr. The van der Waals surface area contributed by atoms with Gasteiger partial charge in [-0.3, -0.25) is 0 Å². The Bertz CT molecular complexity index is 1890. The fourth-order valence-electron chi connectivity index (χ4n) is 8.65. The van der Waals surface area contributed by atoms with E-state index in [-0.39, 0.29) is 24.8 Å². The van der Waals surface area contributed by atoms with Crippen LogP contribution in [0.5, 0.6) is 0 Å². The standard InChI is InChI=1S/2C20H24NSi.2CH3.2ClH.H2Si.Zr/c2*1-14(2)15-10-16-11-17(22(3,4)5)13-18(16)19(12-15)20-8-6-7-9-21-20;;;;;;/h2*6-14H,1-5H3;2*1H3;2*1H;1H2;. The minimum atomic E-state index is -3.93. The van der Waals surface area contributed by atoms with Crippen molar-refractivity contribution in [2.24, 2.45) is 0 Å². The zero-order chi connectivity index (χ0) is 35.0. The summed E-state index contributed by atoms with van der Waals surface area (Å²) in [7, 11) is -3.47. The van der Waals surface area contributed by atoms with Gasteiger partial charge in [0.25, 0.3) is 0 Å². The molecule has 50 heavy (non-hydrogen) atoms. The van der Waals surface area contributed by atoms with Gasteiger partial charge in [-0.2, -0.15) is 0 Å².